The second-order valence-corrected chi connectivity index (χ2v) is 4.12. The second-order valence-electron chi connectivity index (χ2n) is 4.12. The van der Waals surface area contributed by atoms with Gasteiger partial charge in [-0.05, 0) is 31.2 Å². The Kier molecular flexibility index (Phi) is 6.43. The number of aromatic hydroxyl groups is 1. The third-order valence-electron chi connectivity index (χ3n) is 2.59. The van der Waals surface area contributed by atoms with Crippen LogP contribution in [0.25, 0.3) is 0 Å². The standard InChI is InChI=1S/C9H11NO2.C7H6O3/c1-2-12-8-6-4-3-5-7(8)9(10)11;8-6-4-2-1-3-5(6)7(9)10/h3-6H,2H2,1H3,(H2,10,11);1-4,8H,(H,9,10). The molecule has 4 N–H and O–H groups in total. The Morgan fingerprint density at radius 3 is 2.05 bits per heavy atom. The minimum absolute atomic E-state index is 0.0671. The van der Waals surface area contributed by atoms with Crippen molar-refractivity contribution in [3.05, 3.63) is 59.7 Å². The van der Waals surface area contributed by atoms with E-state index in [1.165, 1.54) is 12.1 Å². The molecule has 2 rings (SSSR count). The molecule has 2 aromatic rings. The van der Waals surface area contributed by atoms with Crippen molar-refractivity contribution in [1.82, 2.24) is 0 Å². The normalized spacial score (nSPS) is 9.32. The number of carboxylic acid groups (broad SMARTS) is 1. The minimum Gasteiger partial charge on any atom is -0.507 e. The van der Waals surface area contributed by atoms with E-state index in [2.05, 4.69) is 0 Å². The van der Waals surface area contributed by atoms with Crippen molar-refractivity contribution in [1.29, 1.82) is 0 Å². The molecule has 0 aromatic heterocycles. The molecule has 0 atom stereocenters. The molecule has 0 aliphatic rings. The zero-order valence-electron chi connectivity index (χ0n) is 12.0. The summed E-state index contributed by atoms with van der Waals surface area (Å²) in [5, 5.41) is 17.3. The van der Waals surface area contributed by atoms with Gasteiger partial charge in [-0.15, -0.1) is 0 Å². The lowest BCUT2D eigenvalue weighted by Crippen LogP contribution is -2.12. The van der Waals surface area contributed by atoms with Crippen molar-refractivity contribution < 1.29 is 24.5 Å². The number of carbonyl (C=O) groups is 2. The molecule has 0 spiro atoms. The molecular weight excluding hydrogens is 286 g/mol. The lowest BCUT2D eigenvalue weighted by Gasteiger charge is -2.05. The molecule has 0 bridgehead atoms. The number of phenols is 1. The van der Waals surface area contributed by atoms with E-state index in [0.717, 1.165) is 0 Å². The van der Waals surface area contributed by atoms with Gasteiger partial charge in [-0.1, -0.05) is 24.3 Å². The van der Waals surface area contributed by atoms with Gasteiger partial charge in [0.2, 0.25) is 0 Å². The van der Waals surface area contributed by atoms with Crippen LogP contribution in [-0.4, -0.2) is 28.7 Å². The van der Waals surface area contributed by atoms with Gasteiger partial charge in [0.15, 0.2) is 0 Å². The number of nitrogens with two attached hydrogens (primary N) is 1. The van der Waals surface area contributed by atoms with Gasteiger partial charge in [0.05, 0.1) is 12.2 Å². The molecule has 0 aliphatic heterocycles. The van der Waals surface area contributed by atoms with E-state index >= 15 is 0 Å². The molecule has 2 aromatic carbocycles. The number of para-hydroxylation sites is 2. The van der Waals surface area contributed by atoms with E-state index in [9.17, 15) is 9.59 Å². The average molecular weight is 303 g/mol. The number of carbonyl (C=O) groups excluding carboxylic acids is 1. The lowest BCUT2D eigenvalue weighted by molar-refractivity contribution is 0.0693. The zero-order chi connectivity index (χ0) is 16.5. The molecule has 0 heterocycles. The van der Waals surface area contributed by atoms with Crippen LogP contribution in [-0.2, 0) is 0 Å². The van der Waals surface area contributed by atoms with Crippen LogP contribution >= 0.6 is 0 Å². The molecule has 22 heavy (non-hydrogen) atoms. The summed E-state index contributed by atoms with van der Waals surface area (Å²) in [5.74, 6) is -1.22. The Hall–Kier alpha value is -3.02. The summed E-state index contributed by atoms with van der Waals surface area (Å²) in [5.41, 5.74) is 5.49. The van der Waals surface area contributed by atoms with Crippen molar-refractivity contribution >= 4 is 11.9 Å². The van der Waals surface area contributed by atoms with E-state index < -0.39 is 11.9 Å². The van der Waals surface area contributed by atoms with Gasteiger partial charge >= 0.3 is 5.97 Å². The molecule has 6 heteroatoms. The van der Waals surface area contributed by atoms with Gasteiger partial charge in [0.1, 0.15) is 17.1 Å². The highest BCUT2D eigenvalue weighted by Gasteiger charge is 2.06. The Balaban J connectivity index is 0.000000224. The fourth-order valence-electron chi connectivity index (χ4n) is 1.61. The first-order valence-electron chi connectivity index (χ1n) is 6.50. The first-order valence-corrected chi connectivity index (χ1v) is 6.50. The number of ether oxygens (including phenoxy) is 1. The van der Waals surface area contributed by atoms with E-state index in [1.54, 1.807) is 36.4 Å². The van der Waals surface area contributed by atoms with Crippen molar-refractivity contribution in [2.75, 3.05) is 6.61 Å². The van der Waals surface area contributed by atoms with E-state index in [1.807, 2.05) is 6.92 Å². The topological polar surface area (TPSA) is 110 Å². The lowest BCUT2D eigenvalue weighted by atomic mass is 10.2. The smallest absolute Gasteiger partial charge is 0.339 e. The van der Waals surface area contributed by atoms with Gasteiger partial charge in [-0.2, -0.15) is 0 Å². The highest BCUT2D eigenvalue weighted by Crippen LogP contribution is 2.16. The van der Waals surface area contributed by atoms with Crippen molar-refractivity contribution in [2.24, 2.45) is 5.73 Å². The summed E-state index contributed by atoms with van der Waals surface area (Å²) in [6.45, 7) is 2.39. The van der Waals surface area contributed by atoms with Crippen LogP contribution in [0.5, 0.6) is 11.5 Å². The highest BCUT2D eigenvalue weighted by molar-refractivity contribution is 5.95. The fourth-order valence-corrected chi connectivity index (χ4v) is 1.61. The maximum absolute atomic E-state index is 10.8. The molecule has 116 valence electrons. The predicted octanol–water partition coefficient (Wildman–Crippen LogP) is 2.27. The Labute approximate surface area is 127 Å². The summed E-state index contributed by atoms with van der Waals surface area (Å²) in [6, 6.07) is 12.7. The van der Waals surface area contributed by atoms with Gasteiger partial charge < -0.3 is 20.7 Å². The van der Waals surface area contributed by atoms with E-state index in [-0.39, 0.29) is 11.3 Å². The predicted molar refractivity (Wildman–Crippen MR) is 81.2 cm³/mol. The molecule has 0 unspecified atom stereocenters. The van der Waals surface area contributed by atoms with E-state index in [0.29, 0.717) is 17.9 Å². The Morgan fingerprint density at radius 1 is 1.05 bits per heavy atom. The monoisotopic (exact) mass is 303 g/mol. The maximum Gasteiger partial charge on any atom is 0.339 e. The molecule has 0 aliphatic carbocycles. The van der Waals surface area contributed by atoms with Crippen LogP contribution in [0, 0.1) is 0 Å². The third kappa shape index (κ3) is 4.82. The third-order valence-corrected chi connectivity index (χ3v) is 2.59. The van der Waals surface area contributed by atoms with Crippen molar-refractivity contribution in [3.8, 4) is 11.5 Å². The van der Waals surface area contributed by atoms with Gasteiger partial charge in [0.25, 0.3) is 5.91 Å². The summed E-state index contributed by atoms with van der Waals surface area (Å²) in [4.78, 5) is 21.1. The summed E-state index contributed by atoms with van der Waals surface area (Å²) in [7, 11) is 0. The number of carboxylic acids is 1. The average Bonchev–Trinajstić information content (AvgIpc) is 2.49. The van der Waals surface area contributed by atoms with Crippen LogP contribution in [0.3, 0.4) is 0 Å². The second kappa shape index (κ2) is 8.31. The minimum atomic E-state index is -1.11. The highest BCUT2D eigenvalue weighted by atomic mass is 16.5. The molecule has 0 saturated heterocycles. The quantitative estimate of drug-likeness (QED) is 0.802. The number of amides is 1. The summed E-state index contributed by atoms with van der Waals surface area (Å²) >= 11 is 0. The Bertz CT molecular complexity index is 654. The number of aromatic carboxylic acids is 1. The number of primary amides is 1. The van der Waals surface area contributed by atoms with Crippen LogP contribution in [0.4, 0.5) is 0 Å². The molecule has 6 nitrogen and oxygen atoms in total. The first kappa shape index (κ1) is 17.0. The van der Waals surface area contributed by atoms with Gasteiger partial charge in [0, 0.05) is 0 Å². The van der Waals surface area contributed by atoms with Crippen molar-refractivity contribution in [2.45, 2.75) is 6.92 Å². The molecule has 0 fully saturated rings. The number of hydrogen-bond acceptors (Lipinski definition) is 4. The number of rotatable bonds is 4. The maximum atomic E-state index is 10.8. The zero-order valence-corrected chi connectivity index (χ0v) is 12.0. The molecule has 0 radical (unpaired) electrons. The van der Waals surface area contributed by atoms with Crippen LogP contribution in [0.1, 0.15) is 27.6 Å². The largest absolute Gasteiger partial charge is 0.507 e. The fraction of sp³-hybridized carbons (Fsp3) is 0.125. The Morgan fingerprint density at radius 2 is 1.59 bits per heavy atom. The van der Waals surface area contributed by atoms with Gasteiger partial charge in [-0.25, -0.2) is 4.79 Å². The number of benzene rings is 2. The molecular formula is C16H17NO5. The summed E-state index contributed by atoms with van der Waals surface area (Å²) in [6.07, 6.45) is 0. The molecule has 0 saturated carbocycles. The number of hydrogen-bond donors (Lipinski definition) is 3. The SMILES string of the molecule is CCOc1ccccc1C(N)=O.O=C(O)c1ccccc1O. The van der Waals surface area contributed by atoms with Crippen LogP contribution in [0.2, 0.25) is 0 Å². The first-order chi connectivity index (χ1) is 10.5. The molecule has 1 amide bonds. The van der Waals surface area contributed by atoms with E-state index in [4.69, 9.17) is 20.7 Å². The summed E-state index contributed by atoms with van der Waals surface area (Å²) < 4.78 is 5.20. The van der Waals surface area contributed by atoms with Crippen LogP contribution < -0.4 is 10.5 Å². The van der Waals surface area contributed by atoms with Crippen LogP contribution in [0.15, 0.2) is 48.5 Å². The van der Waals surface area contributed by atoms with Crippen molar-refractivity contribution in [3.63, 3.8) is 0 Å². The van der Waals surface area contributed by atoms with Gasteiger partial charge in [-0.3, -0.25) is 4.79 Å².